The van der Waals surface area contributed by atoms with Crippen LogP contribution in [-0.4, -0.2) is 100 Å². The predicted octanol–water partition coefficient (Wildman–Crippen LogP) is -1.01. The highest BCUT2D eigenvalue weighted by molar-refractivity contribution is 6.29. The first-order valence-corrected chi connectivity index (χ1v) is 10.6. The number of nitrogens with zero attached hydrogens (tertiary/aromatic N) is 2. The van der Waals surface area contributed by atoms with E-state index < -0.39 is 11.9 Å². The second kappa shape index (κ2) is 12.5. The highest BCUT2D eigenvalue weighted by atomic mass is 16.6. The highest BCUT2D eigenvalue weighted by Gasteiger charge is 2.25. The number of hydrogen-bond acceptors (Lipinski definition) is 8. The zero-order valence-corrected chi connectivity index (χ0v) is 18.0. The third-order valence-corrected chi connectivity index (χ3v) is 5.43. The summed E-state index contributed by atoms with van der Waals surface area (Å²) in [6.45, 7) is 3.49. The molecule has 2 aliphatic rings. The molecule has 2 amide bonds. The largest absolute Gasteiger partial charge is 0.455 e. The van der Waals surface area contributed by atoms with Crippen LogP contribution < -0.4 is 10.6 Å². The highest BCUT2D eigenvalue weighted by Crippen LogP contribution is 2.15. The fraction of sp³-hybridized carbons (Fsp3) is 0.800. The van der Waals surface area contributed by atoms with Gasteiger partial charge in [-0.2, -0.15) is 0 Å². The summed E-state index contributed by atoms with van der Waals surface area (Å²) < 4.78 is 9.63. The first-order valence-electron chi connectivity index (χ1n) is 10.6. The molecule has 2 atom stereocenters. The van der Waals surface area contributed by atoms with Gasteiger partial charge in [0.05, 0.1) is 24.9 Å². The van der Waals surface area contributed by atoms with E-state index in [0.29, 0.717) is 13.1 Å². The van der Waals surface area contributed by atoms with Crippen LogP contribution in [0.1, 0.15) is 25.7 Å². The lowest BCUT2D eigenvalue weighted by atomic mass is 9.98. The van der Waals surface area contributed by atoms with E-state index in [9.17, 15) is 19.2 Å². The van der Waals surface area contributed by atoms with Gasteiger partial charge in [-0.3, -0.25) is 9.59 Å². The predicted molar refractivity (Wildman–Crippen MR) is 108 cm³/mol. The van der Waals surface area contributed by atoms with Crippen LogP contribution in [0.3, 0.4) is 0 Å². The average molecular weight is 427 g/mol. The van der Waals surface area contributed by atoms with Crippen molar-refractivity contribution < 1.29 is 28.7 Å². The number of carbonyl (C=O) groups excluding carboxylic acids is 4. The Morgan fingerprint density at radius 3 is 1.53 bits per heavy atom. The van der Waals surface area contributed by atoms with Crippen molar-refractivity contribution in [1.29, 1.82) is 0 Å². The quantitative estimate of drug-likeness (QED) is 0.288. The Hall–Kier alpha value is -2.20. The second-order valence-corrected chi connectivity index (χ2v) is 8.06. The summed E-state index contributed by atoms with van der Waals surface area (Å²) in [7, 11) is 3.96. The van der Waals surface area contributed by atoms with Crippen molar-refractivity contribution in [1.82, 2.24) is 20.4 Å². The van der Waals surface area contributed by atoms with Gasteiger partial charge in [-0.1, -0.05) is 0 Å². The number of amides is 2. The Kier molecular flexibility index (Phi) is 10.0. The third-order valence-electron chi connectivity index (χ3n) is 5.43. The van der Waals surface area contributed by atoms with Gasteiger partial charge in [0.2, 0.25) is 11.8 Å². The fourth-order valence-electron chi connectivity index (χ4n) is 3.80. The smallest absolute Gasteiger partial charge is 0.417 e. The van der Waals surface area contributed by atoms with Crippen LogP contribution in [0.15, 0.2) is 0 Å². The SMILES string of the molecule is CN1CCCC(C(=O)NCCOC(=O)C(=O)OCCNC(=O)C2CCCN(C)C2)C1. The van der Waals surface area contributed by atoms with Gasteiger partial charge in [0.1, 0.15) is 13.2 Å². The number of esters is 2. The van der Waals surface area contributed by atoms with Crippen LogP contribution in [0.25, 0.3) is 0 Å². The summed E-state index contributed by atoms with van der Waals surface area (Å²) in [6.07, 6.45) is 3.65. The van der Waals surface area contributed by atoms with E-state index >= 15 is 0 Å². The summed E-state index contributed by atoms with van der Waals surface area (Å²) in [5, 5.41) is 5.44. The van der Waals surface area contributed by atoms with E-state index in [-0.39, 0.29) is 50.0 Å². The van der Waals surface area contributed by atoms with E-state index in [1.165, 1.54) is 0 Å². The Morgan fingerprint density at radius 1 is 0.767 bits per heavy atom. The summed E-state index contributed by atoms with van der Waals surface area (Å²) in [5.41, 5.74) is 0. The van der Waals surface area contributed by atoms with Gasteiger partial charge in [0.25, 0.3) is 0 Å². The first kappa shape index (κ1) is 24.1. The van der Waals surface area contributed by atoms with Crippen LogP contribution in [-0.2, 0) is 28.7 Å². The lowest BCUT2D eigenvalue weighted by molar-refractivity contribution is -0.167. The Labute approximate surface area is 177 Å². The van der Waals surface area contributed by atoms with Gasteiger partial charge in [-0.25, -0.2) is 9.59 Å². The maximum Gasteiger partial charge on any atom is 0.417 e. The molecule has 10 heteroatoms. The molecule has 30 heavy (non-hydrogen) atoms. The molecule has 0 aromatic carbocycles. The Balaban J connectivity index is 1.51. The van der Waals surface area contributed by atoms with Crippen molar-refractivity contribution in [3.05, 3.63) is 0 Å². The third kappa shape index (κ3) is 8.27. The minimum absolute atomic E-state index is 0.0614. The van der Waals surface area contributed by atoms with Gasteiger partial charge >= 0.3 is 11.9 Å². The van der Waals surface area contributed by atoms with E-state index in [4.69, 9.17) is 9.47 Å². The van der Waals surface area contributed by atoms with Crippen molar-refractivity contribution in [3.63, 3.8) is 0 Å². The van der Waals surface area contributed by atoms with Crippen molar-refractivity contribution in [3.8, 4) is 0 Å². The lowest BCUT2D eigenvalue weighted by Gasteiger charge is -2.28. The summed E-state index contributed by atoms with van der Waals surface area (Å²) in [6, 6.07) is 0. The van der Waals surface area contributed by atoms with Gasteiger partial charge in [-0.15, -0.1) is 0 Å². The maximum atomic E-state index is 12.1. The number of likely N-dealkylation sites (tertiary alicyclic amines) is 2. The molecule has 2 unspecified atom stereocenters. The van der Waals surface area contributed by atoms with Gasteiger partial charge in [-0.05, 0) is 52.9 Å². The van der Waals surface area contributed by atoms with Crippen molar-refractivity contribution in [2.45, 2.75) is 25.7 Å². The molecule has 0 bridgehead atoms. The summed E-state index contributed by atoms with van der Waals surface area (Å²) in [4.78, 5) is 51.6. The van der Waals surface area contributed by atoms with Gasteiger partial charge in [0.15, 0.2) is 0 Å². The molecular formula is C20H34N4O6. The number of hydrogen-bond donors (Lipinski definition) is 2. The number of nitrogens with one attached hydrogen (secondary N) is 2. The molecule has 170 valence electrons. The molecule has 2 saturated heterocycles. The van der Waals surface area contributed by atoms with Crippen LogP contribution in [0.4, 0.5) is 0 Å². The lowest BCUT2D eigenvalue weighted by Crippen LogP contribution is -2.42. The van der Waals surface area contributed by atoms with E-state index in [1.54, 1.807) is 0 Å². The van der Waals surface area contributed by atoms with Gasteiger partial charge in [0, 0.05) is 13.1 Å². The van der Waals surface area contributed by atoms with Crippen LogP contribution in [0.2, 0.25) is 0 Å². The standard InChI is InChI=1S/C20H34N4O6/c1-23-9-3-5-15(13-23)17(25)21-7-11-29-19(27)20(28)30-12-8-22-18(26)16-6-4-10-24(2)14-16/h15-16H,3-14H2,1-2H3,(H,21,25)(H,22,26). The monoisotopic (exact) mass is 426 g/mol. The van der Waals surface area contributed by atoms with E-state index in [0.717, 1.165) is 38.8 Å². The van der Waals surface area contributed by atoms with Crippen molar-refractivity contribution in [2.75, 3.05) is 66.6 Å². The summed E-state index contributed by atoms with van der Waals surface area (Å²) in [5.74, 6) is -2.48. The number of piperidine rings is 2. The zero-order chi connectivity index (χ0) is 21.9. The number of carbonyl (C=O) groups is 4. The van der Waals surface area contributed by atoms with Crippen LogP contribution >= 0.6 is 0 Å². The fourth-order valence-corrected chi connectivity index (χ4v) is 3.80. The minimum Gasteiger partial charge on any atom is -0.455 e. The molecule has 0 aliphatic carbocycles. The molecule has 2 rings (SSSR count). The topological polar surface area (TPSA) is 117 Å². The molecule has 0 aromatic heterocycles. The summed E-state index contributed by atoms with van der Waals surface area (Å²) >= 11 is 0. The molecule has 0 spiro atoms. The van der Waals surface area contributed by atoms with Crippen LogP contribution in [0, 0.1) is 11.8 Å². The maximum absolute atomic E-state index is 12.1. The van der Waals surface area contributed by atoms with Crippen molar-refractivity contribution >= 4 is 23.8 Å². The molecular weight excluding hydrogens is 392 g/mol. The molecule has 2 fully saturated rings. The zero-order valence-electron chi connectivity index (χ0n) is 18.0. The number of rotatable bonds is 8. The minimum atomic E-state index is -1.11. The molecule has 0 radical (unpaired) electrons. The molecule has 2 heterocycles. The van der Waals surface area contributed by atoms with Gasteiger partial charge < -0.3 is 29.9 Å². The molecule has 2 N–H and O–H groups in total. The Bertz CT molecular complexity index is 562. The van der Waals surface area contributed by atoms with E-state index in [2.05, 4.69) is 20.4 Å². The molecule has 2 aliphatic heterocycles. The number of ether oxygens (including phenoxy) is 2. The Morgan fingerprint density at radius 2 is 1.17 bits per heavy atom. The first-order chi connectivity index (χ1) is 14.4. The molecule has 0 aromatic rings. The van der Waals surface area contributed by atoms with Crippen molar-refractivity contribution in [2.24, 2.45) is 11.8 Å². The second-order valence-electron chi connectivity index (χ2n) is 8.06. The normalized spacial score (nSPS) is 22.7. The molecule has 10 nitrogen and oxygen atoms in total. The average Bonchev–Trinajstić information content (AvgIpc) is 2.73. The molecule has 0 saturated carbocycles. The van der Waals surface area contributed by atoms with Crippen LogP contribution in [0.5, 0.6) is 0 Å². The van der Waals surface area contributed by atoms with E-state index in [1.807, 2.05) is 14.1 Å².